The van der Waals surface area contributed by atoms with E-state index in [1.807, 2.05) is 18.5 Å². The zero-order valence-corrected chi connectivity index (χ0v) is 14.1. The number of aromatic nitrogens is 2. The third-order valence-electron chi connectivity index (χ3n) is 4.99. The van der Waals surface area contributed by atoms with Crippen molar-refractivity contribution in [2.24, 2.45) is 13.0 Å². The van der Waals surface area contributed by atoms with Crippen LogP contribution in [0.1, 0.15) is 35.7 Å². The summed E-state index contributed by atoms with van der Waals surface area (Å²) in [6.45, 7) is 4.25. The zero-order chi connectivity index (χ0) is 16.5. The van der Waals surface area contributed by atoms with Crippen LogP contribution < -0.4 is 0 Å². The van der Waals surface area contributed by atoms with Gasteiger partial charge in [0.2, 0.25) is 0 Å². The second-order valence-corrected chi connectivity index (χ2v) is 7.16. The van der Waals surface area contributed by atoms with Crippen LogP contribution in [0.4, 0.5) is 4.39 Å². The van der Waals surface area contributed by atoms with E-state index in [4.69, 9.17) is 4.74 Å². The number of ether oxygens (including phenoxy) is 1. The first-order valence-electron chi connectivity index (χ1n) is 8.73. The summed E-state index contributed by atoms with van der Waals surface area (Å²) in [5.74, 6) is 0.950. The Hall–Kier alpha value is -1.72. The van der Waals surface area contributed by atoms with Crippen molar-refractivity contribution in [2.45, 2.75) is 31.8 Å². The largest absolute Gasteiger partial charge is 0.380 e. The Kier molecular flexibility index (Phi) is 4.37. The molecular weight excluding hydrogens is 305 g/mol. The van der Waals surface area contributed by atoms with E-state index in [0.29, 0.717) is 5.92 Å². The fourth-order valence-corrected chi connectivity index (χ4v) is 3.57. The van der Waals surface area contributed by atoms with Gasteiger partial charge in [0.1, 0.15) is 5.82 Å². The molecule has 4 rings (SSSR count). The van der Waals surface area contributed by atoms with Crippen LogP contribution >= 0.6 is 0 Å². The molecule has 4 nitrogen and oxygen atoms in total. The molecule has 2 aromatic rings. The van der Waals surface area contributed by atoms with Gasteiger partial charge in [-0.05, 0) is 36.5 Å². The van der Waals surface area contributed by atoms with Crippen molar-refractivity contribution < 1.29 is 9.13 Å². The summed E-state index contributed by atoms with van der Waals surface area (Å²) in [5, 5.41) is 0. The Morgan fingerprint density at radius 3 is 2.75 bits per heavy atom. The minimum atomic E-state index is -0.184. The SMILES string of the molecule is Cn1cnc2c1[C@H](COCC1CC1)CN(Cc1ccc(F)cc1)C2. The summed E-state index contributed by atoms with van der Waals surface area (Å²) in [7, 11) is 2.06. The summed E-state index contributed by atoms with van der Waals surface area (Å²) in [6.07, 6.45) is 4.54. The normalized spacial score (nSPS) is 21.0. The van der Waals surface area contributed by atoms with E-state index < -0.39 is 0 Å². The van der Waals surface area contributed by atoms with Gasteiger partial charge in [-0.1, -0.05) is 12.1 Å². The Morgan fingerprint density at radius 1 is 1.21 bits per heavy atom. The predicted octanol–water partition coefficient (Wildman–Crippen LogP) is 3.09. The molecule has 0 saturated heterocycles. The molecule has 2 heterocycles. The summed E-state index contributed by atoms with van der Waals surface area (Å²) in [5.41, 5.74) is 3.58. The summed E-state index contributed by atoms with van der Waals surface area (Å²) in [6, 6.07) is 6.78. The maximum Gasteiger partial charge on any atom is 0.123 e. The van der Waals surface area contributed by atoms with Crippen LogP contribution in [0.15, 0.2) is 30.6 Å². The van der Waals surface area contributed by atoms with Crippen molar-refractivity contribution in [3.8, 4) is 0 Å². The lowest BCUT2D eigenvalue weighted by atomic mass is 9.98. The van der Waals surface area contributed by atoms with E-state index in [1.165, 1.54) is 30.7 Å². The van der Waals surface area contributed by atoms with Crippen molar-refractivity contribution in [1.82, 2.24) is 14.5 Å². The molecule has 24 heavy (non-hydrogen) atoms. The van der Waals surface area contributed by atoms with Crippen LogP contribution in [0.3, 0.4) is 0 Å². The van der Waals surface area contributed by atoms with Gasteiger partial charge in [-0.25, -0.2) is 9.37 Å². The lowest BCUT2D eigenvalue weighted by Gasteiger charge is -2.33. The van der Waals surface area contributed by atoms with E-state index in [1.54, 1.807) is 0 Å². The van der Waals surface area contributed by atoms with Crippen LogP contribution in [-0.2, 0) is 24.9 Å². The van der Waals surface area contributed by atoms with Gasteiger partial charge >= 0.3 is 0 Å². The molecule has 0 N–H and O–H groups in total. The smallest absolute Gasteiger partial charge is 0.123 e. The van der Waals surface area contributed by atoms with Gasteiger partial charge in [0, 0.05) is 44.9 Å². The van der Waals surface area contributed by atoms with Gasteiger partial charge < -0.3 is 9.30 Å². The van der Waals surface area contributed by atoms with Gasteiger partial charge in [0.25, 0.3) is 0 Å². The van der Waals surface area contributed by atoms with Crippen molar-refractivity contribution in [1.29, 1.82) is 0 Å². The average Bonchev–Trinajstić information content (AvgIpc) is 3.32. The molecule has 1 aliphatic carbocycles. The third kappa shape index (κ3) is 3.52. The molecule has 0 radical (unpaired) electrons. The topological polar surface area (TPSA) is 30.3 Å². The monoisotopic (exact) mass is 329 g/mol. The maximum atomic E-state index is 13.1. The number of rotatable bonds is 6. The molecule has 0 bridgehead atoms. The van der Waals surface area contributed by atoms with E-state index in [9.17, 15) is 4.39 Å². The first-order chi connectivity index (χ1) is 11.7. The fraction of sp³-hybridized carbons (Fsp3) is 0.526. The van der Waals surface area contributed by atoms with Crippen molar-refractivity contribution in [2.75, 3.05) is 19.8 Å². The van der Waals surface area contributed by atoms with E-state index in [-0.39, 0.29) is 5.82 Å². The number of hydrogen-bond donors (Lipinski definition) is 0. The number of halogens is 1. The lowest BCUT2D eigenvalue weighted by Crippen LogP contribution is -2.36. The molecule has 0 unspecified atom stereocenters. The van der Waals surface area contributed by atoms with Crippen LogP contribution in [0, 0.1) is 11.7 Å². The average molecular weight is 329 g/mol. The van der Waals surface area contributed by atoms with E-state index in [0.717, 1.165) is 50.0 Å². The number of imidazole rings is 1. The minimum Gasteiger partial charge on any atom is -0.380 e. The third-order valence-corrected chi connectivity index (χ3v) is 4.99. The molecule has 2 aliphatic rings. The Morgan fingerprint density at radius 2 is 2.00 bits per heavy atom. The number of hydrogen-bond acceptors (Lipinski definition) is 3. The molecule has 0 amide bonds. The first kappa shape index (κ1) is 15.8. The number of nitrogens with zero attached hydrogens (tertiary/aromatic N) is 3. The number of benzene rings is 1. The molecular formula is C19H24FN3O. The quantitative estimate of drug-likeness (QED) is 0.816. The van der Waals surface area contributed by atoms with Gasteiger partial charge in [-0.3, -0.25) is 4.90 Å². The van der Waals surface area contributed by atoms with Crippen molar-refractivity contribution in [3.63, 3.8) is 0 Å². The van der Waals surface area contributed by atoms with Crippen LogP contribution in [-0.4, -0.2) is 34.2 Å². The van der Waals surface area contributed by atoms with Gasteiger partial charge in [0.05, 0.1) is 18.6 Å². The van der Waals surface area contributed by atoms with Gasteiger partial charge in [-0.15, -0.1) is 0 Å². The van der Waals surface area contributed by atoms with E-state index >= 15 is 0 Å². The zero-order valence-electron chi connectivity index (χ0n) is 14.1. The van der Waals surface area contributed by atoms with E-state index in [2.05, 4.69) is 21.5 Å². The number of aryl methyl sites for hydroxylation is 1. The van der Waals surface area contributed by atoms with Gasteiger partial charge in [0.15, 0.2) is 0 Å². The predicted molar refractivity (Wildman–Crippen MR) is 90.0 cm³/mol. The highest BCUT2D eigenvalue weighted by Crippen LogP contribution is 2.31. The highest BCUT2D eigenvalue weighted by molar-refractivity contribution is 5.23. The molecule has 1 aliphatic heterocycles. The second kappa shape index (κ2) is 6.65. The Balaban J connectivity index is 1.45. The summed E-state index contributed by atoms with van der Waals surface area (Å²) in [4.78, 5) is 6.96. The summed E-state index contributed by atoms with van der Waals surface area (Å²) >= 11 is 0. The van der Waals surface area contributed by atoms with Crippen LogP contribution in [0.5, 0.6) is 0 Å². The van der Waals surface area contributed by atoms with Crippen LogP contribution in [0.2, 0.25) is 0 Å². The molecule has 128 valence electrons. The maximum absolute atomic E-state index is 13.1. The van der Waals surface area contributed by atoms with Crippen molar-refractivity contribution in [3.05, 3.63) is 53.4 Å². The molecule has 0 spiro atoms. The molecule has 1 atom stereocenters. The van der Waals surface area contributed by atoms with Gasteiger partial charge in [-0.2, -0.15) is 0 Å². The highest BCUT2D eigenvalue weighted by Gasteiger charge is 2.30. The molecule has 5 heteroatoms. The minimum absolute atomic E-state index is 0.184. The molecule has 1 aromatic heterocycles. The Labute approximate surface area is 142 Å². The summed E-state index contributed by atoms with van der Waals surface area (Å²) < 4.78 is 21.2. The highest BCUT2D eigenvalue weighted by atomic mass is 19.1. The standard InChI is InChI=1S/C19H24FN3O/c1-22-13-21-18-10-23(8-14-4-6-17(20)7-5-14)9-16(19(18)22)12-24-11-15-2-3-15/h4-7,13,15-16H,2-3,8-12H2,1H3/t16-/m0/s1. The second-order valence-electron chi connectivity index (χ2n) is 7.16. The first-order valence-corrected chi connectivity index (χ1v) is 8.73. The number of fused-ring (bicyclic) bond motifs is 1. The molecule has 1 saturated carbocycles. The molecule has 1 fully saturated rings. The lowest BCUT2D eigenvalue weighted by molar-refractivity contribution is 0.0867. The van der Waals surface area contributed by atoms with Crippen molar-refractivity contribution >= 4 is 0 Å². The Bertz CT molecular complexity index is 693. The van der Waals surface area contributed by atoms with Crippen LogP contribution in [0.25, 0.3) is 0 Å². The molecule has 1 aromatic carbocycles. The fourth-order valence-electron chi connectivity index (χ4n) is 3.57.